The van der Waals surface area contributed by atoms with Crippen molar-refractivity contribution in [3.8, 4) is 0 Å². The molecule has 2 aromatic rings. The molecule has 0 heterocycles. The van der Waals surface area contributed by atoms with Gasteiger partial charge in [-0.05, 0) is 59.9 Å². The minimum absolute atomic E-state index is 0.111. The number of anilines is 1. The Bertz CT molecular complexity index is 892. The number of sulfonamides is 1. The summed E-state index contributed by atoms with van der Waals surface area (Å²) in [6, 6.07) is 14.1. The summed E-state index contributed by atoms with van der Waals surface area (Å²) < 4.78 is 33.4. The maximum absolute atomic E-state index is 13.2. The highest BCUT2D eigenvalue weighted by molar-refractivity contribution is 14.1. The number of esters is 1. The number of carbonyl (C=O) groups is 1. The van der Waals surface area contributed by atoms with E-state index in [0.717, 1.165) is 9.13 Å². The van der Waals surface area contributed by atoms with E-state index >= 15 is 0 Å². The number of nitrogens with zero attached hydrogens (tertiary/aromatic N) is 1. The first-order valence-electron chi connectivity index (χ1n) is 7.94. The molecule has 138 valence electrons. The fourth-order valence-electron chi connectivity index (χ4n) is 2.22. The fraction of sp³-hybridized carbons (Fsp3) is 0.211. The summed E-state index contributed by atoms with van der Waals surface area (Å²) in [6.45, 7) is 3.48. The highest BCUT2D eigenvalue weighted by Crippen LogP contribution is 2.28. The summed E-state index contributed by atoms with van der Waals surface area (Å²) in [5.74, 6) is -0.378. The van der Waals surface area contributed by atoms with E-state index in [1.54, 1.807) is 48.6 Å². The van der Waals surface area contributed by atoms with Crippen LogP contribution in [0.3, 0.4) is 0 Å². The van der Waals surface area contributed by atoms with Crippen LogP contribution in [0, 0.1) is 10.5 Å². The Hall–Kier alpha value is -1.87. The van der Waals surface area contributed by atoms with E-state index in [4.69, 9.17) is 4.74 Å². The fourth-order valence-corrected chi connectivity index (χ4v) is 4.50. The molecule has 0 N–H and O–H groups in total. The van der Waals surface area contributed by atoms with E-state index in [1.807, 2.05) is 19.1 Å². The van der Waals surface area contributed by atoms with Crippen LogP contribution in [0.15, 0.2) is 65.6 Å². The molecule has 0 atom stereocenters. The molecule has 0 radical (unpaired) electrons. The predicted molar refractivity (Wildman–Crippen MR) is 111 cm³/mol. The van der Waals surface area contributed by atoms with Crippen molar-refractivity contribution < 1.29 is 17.9 Å². The molecule has 26 heavy (non-hydrogen) atoms. The maximum Gasteiger partial charge on any atom is 0.302 e. The van der Waals surface area contributed by atoms with Crippen LogP contribution in [-0.4, -0.2) is 27.5 Å². The van der Waals surface area contributed by atoms with E-state index in [1.165, 1.54) is 11.2 Å². The normalized spacial score (nSPS) is 11.5. The van der Waals surface area contributed by atoms with Gasteiger partial charge in [-0.25, -0.2) is 8.42 Å². The van der Waals surface area contributed by atoms with Crippen LogP contribution in [0.25, 0.3) is 0 Å². The molecule has 7 heteroatoms. The molecule has 0 saturated heterocycles. The van der Waals surface area contributed by atoms with Crippen LogP contribution >= 0.6 is 22.6 Å². The first-order chi connectivity index (χ1) is 12.3. The minimum Gasteiger partial charge on any atom is -0.462 e. The van der Waals surface area contributed by atoms with E-state index in [9.17, 15) is 13.2 Å². The van der Waals surface area contributed by atoms with Crippen molar-refractivity contribution >= 4 is 44.3 Å². The standard InChI is InChI=1S/C19H20INO4S/c1-15-9-11-17(12-10-15)26(23,24)21(13-5-6-14-25-16(2)22)19-8-4-3-7-18(19)20/h3-12H,13-14H2,1-2H3/b6-5-. The van der Waals surface area contributed by atoms with Gasteiger partial charge >= 0.3 is 5.97 Å². The Labute approximate surface area is 167 Å². The molecule has 2 rings (SSSR count). The lowest BCUT2D eigenvalue weighted by Gasteiger charge is -2.24. The van der Waals surface area contributed by atoms with Gasteiger partial charge in [-0.1, -0.05) is 35.9 Å². The molecule has 0 saturated carbocycles. The van der Waals surface area contributed by atoms with Gasteiger partial charge in [0.15, 0.2) is 0 Å². The second kappa shape index (κ2) is 9.18. The Morgan fingerprint density at radius 2 is 1.77 bits per heavy atom. The molecule has 0 aliphatic rings. The van der Waals surface area contributed by atoms with E-state index in [2.05, 4.69) is 22.6 Å². The van der Waals surface area contributed by atoms with Crippen LogP contribution in [0.5, 0.6) is 0 Å². The quantitative estimate of drug-likeness (QED) is 0.339. The average Bonchev–Trinajstić information content (AvgIpc) is 2.59. The average molecular weight is 485 g/mol. The van der Waals surface area contributed by atoms with Gasteiger partial charge in [-0.15, -0.1) is 0 Å². The zero-order valence-corrected chi connectivity index (χ0v) is 17.5. The Morgan fingerprint density at radius 3 is 2.38 bits per heavy atom. The van der Waals surface area contributed by atoms with Gasteiger partial charge in [-0.2, -0.15) is 0 Å². The van der Waals surface area contributed by atoms with Crippen molar-refractivity contribution in [1.82, 2.24) is 0 Å². The SMILES string of the molecule is CC(=O)OC/C=C\CN(c1ccccc1I)S(=O)(=O)c1ccc(C)cc1. The monoisotopic (exact) mass is 485 g/mol. The number of hydrogen-bond acceptors (Lipinski definition) is 4. The van der Waals surface area contributed by atoms with Gasteiger partial charge in [0.2, 0.25) is 0 Å². The summed E-state index contributed by atoms with van der Waals surface area (Å²) in [4.78, 5) is 11.0. The molecule has 2 aromatic carbocycles. The Kier molecular flexibility index (Phi) is 7.22. The molecule has 0 unspecified atom stereocenters. The number of aryl methyl sites for hydroxylation is 1. The minimum atomic E-state index is -3.73. The van der Waals surface area contributed by atoms with Crippen molar-refractivity contribution in [3.05, 3.63) is 69.8 Å². The highest BCUT2D eigenvalue weighted by Gasteiger charge is 2.25. The second-order valence-electron chi connectivity index (χ2n) is 5.57. The van der Waals surface area contributed by atoms with E-state index in [-0.39, 0.29) is 24.0 Å². The van der Waals surface area contributed by atoms with Crippen LogP contribution in [0.1, 0.15) is 12.5 Å². The van der Waals surface area contributed by atoms with Gasteiger partial charge in [0, 0.05) is 10.5 Å². The molecular formula is C19H20INO4S. The summed E-state index contributed by atoms with van der Waals surface area (Å²) >= 11 is 2.12. The van der Waals surface area contributed by atoms with Crippen LogP contribution in [-0.2, 0) is 19.6 Å². The van der Waals surface area contributed by atoms with Crippen molar-refractivity contribution in [2.75, 3.05) is 17.5 Å². The molecule has 0 bridgehead atoms. The number of benzene rings is 2. The Balaban J connectivity index is 2.35. The summed E-state index contributed by atoms with van der Waals surface area (Å²) in [7, 11) is -3.73. The number of rotatable bonds is 7. The first kappa shape index (κ1) is 20.4. The van der Waals surface area contributed by atoms with Gasteiger partial charge in [0.05, 0.1) is 17.1 Å². The number of carbonyl (C=O) groups excluding carboxylic acids is 1. The topological polar surface area (TPSA) is 63.7 Å². The van der Waals surface area contributed by atoms with Crippen LogP contribution in [0.4, 0.5) is 5.69 Å². The van der Waals surface area contributed by atoms with Gasteiger partial charge in [-0.3, -0.25) is 9.10 Å². The van der Waals surface area contributed by atoms with Crippen LogP contribution < -0.4 is 4.31 Å². The summed E-state index contributed by atoms with van der Waals surface area (Å²) in [5, 5.41) is 0. The van der Waals surface area contributed by atoms with E-state index < -0.39 is 10.0 Å². The third-order valence-electron chi connectivity index (χ3n) is 3.55. The van der Waals surface area contributed by atoms with Gasteiger partial charge < -0.3 is 4.74 Å². The molecule has 0 aromatic heterocycles. The highest BCUT2D eigenvalue weighted by atomic mass is 127. The molecule has 0 amide bonds. The maximum atomic E-state index is 13.2. The van der Waals surface area contributed by atoms with Gasteiger partial charge in [0.25, 0.3) is 10.0 Å². The predicted octanol–water partition coefficient (Wildman–Crippen LogP) is 3.91. The molecule has 0 aliphatic heterocycles. The van der Waals surface area contributed by atoms with Gasteiger partial charge in [0.1, 0.15) is 6.61 Å². The van der Waals surface area contributed by atoms with Crippen molar-refractivity contribution in [2.24, 2.45) is 0 Å². The Morgan fingerprint density at radius 1 is 1.12 bits per heavy atom. The van der Waals surface area contributed by atoms with Crippen molar-refractivity contribution in [2.45, 2.75) is 18.7 Å². The number of ether oxygens (including phenoxy) is 1. The summed E-state index contributed by atoms with van der Waals surface area (Å²) in [6.07, 6.45) is 3.31. The zero-order valence-electron chi connectivity index (χ0n) is 14.6. The molecule has 0 spiro atoms. The summed E-state index contributed by atoms with van der Waals surface area (Å²) in [5.41, 5.74) is 1.59. The lowest BCUT2D eigenvalue weighted by molar-refractivity contribution is -0.139. The third-order valence-corrected chi connectivity index (χ3v) is 6.26. The smallest absolute Gasteiger partial charge is 0.302 e. The van der Waals surface area contributed by atoms with Crippen molar-refractivity contribution in [1.29, 1.82) is 0 Å². The first-order valence-corrected chi connectivity index (χ1v) is 10.5. The number of halogens is 1. The second-order valence-corrected chi connectivity index (χ2v) is 8.60. The lowest BCUT2D eigenvalue weighted by atomic mass is 10.2. The number of hydrogen-bond donors (Lipinski definition) is 0. The zero-order chi connectivity index (χ0) is 19.2. The third kappa shape index (κ3) is 5.31. The number of para-hydroxylation sites is 1. The van der Waals surface area contributed by atoms with Crippen molar-refractivity contribution in [3.63, 3.8) is 0 Å². The molecular weight excluding hydrogens is 465 g/mol. The molecule has 0 fully saturated rings. The largest absolute Gasteiger partial charge is 0.462 e. The molecule has 5 nitrogen and oxygen atoms in total. The van der Waals surface area contributed by atoms with Crippen LogP contribution in [0.2, 0.25) is 0 Å². The van der Waals surface area contributed by atoms with E-state index in [0.29, 0.717) is 5.69 Å². The molecule has 0 aliphatic carbocycles. The lowest BCUT2D eigenvalue weighted by Crippen LogP contribution is -2.32.